The summed E-state index contributed by atoms with van der Waals surface area (Å²) in [7, 11) is 0. The first-order valence-corrected chi connectivity index (χ1v) is 6.33. The monoisotopic (exact) mass is 248 g/mol. The highest BCUT2D eigenvalue weighted by Gasteiger charge is 2.33. The van der Waals surface area contributed by atoms with Crippen LogP contribution < -0.4 is 5.73 Å². The molecule has 0 saturated carbocycles. The topological polar surface area (TPSA) is 66.6 Å². The fourth-order valence-corrected chi connectivity index (χ4v) is 2.31. The first-order chi connectivity index (χ1) is 8.56. The van der Waals surface area contributed by atoms with E-state index in [1.807, 2.05) is 31.2 Å². The molecule has 1 aliphatic rings. The van der Waals surface area contributed by atoms with Gasteiger partial charge in [-0.1, -0.05) is 18.2 Å². The van der Waals surface area contributed by atoms with Gasteiger partial charge >= 0.3 is 0 Å². The van der Waals surface area contributed by atoms with E-state index in [1.54, 1.807) is 4.90 Å². The average molecular weight is 248 g/mol. The molecule has 1 amide bonds. The first kappa shape index (κ1) is 13.1. The lowest BCUT2D eigenvalue weighted by Gasteiger charge is -2.37. The van der Waals surface area contributed by atoms with Crippen molar-refractivity contribution in [3.63, 3.8) is 0 Å². The minimum atomic E-state index is -0.789. The molecule has 4 heteroatoms. The molecule has 0 spiro atoms. The van der Waals surface area contributed by atoms with E-state index in [9.17, 15) is 9.90 Å². The van der Waals surface area contributed by atoms with Crippen LogP contribution in [0.4, 0.5) is 0 Å². The van der Waals surface area contributed by atoms with Gasteiger partial charge in [-0.2, -0.15) is 0 Å². The van der Waals surface area contributed by atoms with Crippen LogP contribution in [0.25, 0.3) is 0 Å². The minimum Gasteiger partial charge on any atom is -0.388 e. The fourth-order valence-electron chi connectivity index (χ4n) is 2.31. The van der Waals surface area contributed by atoms with Crippen LogP contribution in [0.2, 0.25) is 0 Å². The van der Waals surface area contributed by atoms with Crippen molar-refractivity contribution in [1.82, 2.24) is 4.90 Å². The average Bonchev–Trinajstić information content (AvgIpc) is 2.39. The van der Waals surface area contributed by atoms with Gasteiger partial charge in [0, 0.05) is 25.2 Å². The number of hydrogen-bond donors (Lipinski definition) is 2. The predicted molar refractivity (Wildman–Crippen MR) is 70.3 cm³/mol. The zero-order valence-corrected chi connectivity index (χ0v) is 10.7. The van der Waals surface area contributed by atoms with Crippen molar-refractivity contribution in [3.8, 4) is 0 Å². The first-order valence-electron chi connectivity index (χ1n) is 6.33. The van der Waals surface area contributed by atoms with Crippen LogP contribution in [0.3, 0.4) is 0 Å². The molecule has 0 atom stereocenters. The minimum absolute atomic E-state index is 0.0483. The second-order valence-corrected chi connectivity index (χ2v) is 5.04. The lowest BCUT2D eigenvalue weighted by atomic mass is 9.91. The second-order valence-electron chi connectivity index (χ2n) is 5.04. The van der Waals surface area contributed by atoms with Gasteiger partial charge in [-0.3, -0.25) is 4.79 Å². The number of carbonyl (C=O) groups is 1. The molecule has 1 aromatic carbocycles. The second kappa shape index (κ2) is 5.08. The fraction of sp³-hybridized carbons (Fsp3) is 0.500. The summed E-state index contributed by atoms with van der Waals surface area (Å²) in [5, 5.41) is 10.0. The molecular weight excluding hydrogens is 228 g/mol. The Morgan fingerprint density at radius 2 is 2.00 bits per heavy atom. The van der Waals surface area contributed by atoms with E-state index in [-0.39, 0.29) is 12.5 Å². The normalized spacial score (nSPS) is 18.7. The van der Waals surface area contributed by atoms with Crippen molar-refractivity contribution in [2.75, 3.05) is 19.6 Å². The Hall–Kier alpha value is -1.39. The zero-order valence-electron chi connectivity index (χ0n) is 10.7. The van der Waals surface area contributed by atoms with E-state index in [0.717, 1.165) is 11.1 Å². The van der Waals surface area contributed by atoms with Crippen molar-refractivity contribution in [2.24, 2.45) is 5.73 Å². The largest absolute Gasteiger partial charge is 0.388 e. The number of nitrogens with two attached hydrogens (primary N) is 1. The van der Waals surface area contributed by atoms with Crippen molar-refractivity contribution >= 4 is 5.91 Å². The number of hydrogen-bond acceptors (Lipinski definition) is 3. The summed E-state index contributed by atoms with van der Waals surface area (Å²) in [5.74, 6) is 0.0483. The molecule has 1 aromatic rings. The molecule has 0 radical (unpaired) electrons. The molecule has 4 nitrogen and oxygen atoms in total. The maximum atomic E-state index is 12.3. The summed E-state index contributed by atoms with van der Waals surface area (Å²) in [6.07, 6.45) is 1.11. The van der Waals surface area contributed by atoms with Crippen LogP contribution in [-0.4, -0.2) is 41.1 Å². The summed E-state index contributed by atoms with van der Waals surface area (Å²) in [5.41, 5.74) is 6.49. The van der Waals surface area contributed by atoms with Gasteiger partial charge in [0.1, 0.15) is 0 Å². The molecule has 2 rings (SSSR count). The lowest BCUT2D eigenvalue weighted by molar-refractivity contribution is -0.00952. The third-order valence-electron chi connectivity index (χ3n) is 3.74. The van der Waals surface area contributed by atoms with Gasteiger partial charge in [0.05, 0.1) is 5.60 Å². The van der Waals surface area contributed by atoms with Crippen molar-refractivity contribution in [3.05, 3.63) is 35.4 Å². The molecule has 0 aromatic heterocycles. The third-order valence-corrected chi connectivity index (χ3v) is 3.74. The number of amides is 1. The Bertz CT molecular complexity index is 437. The number of carbonyl (C=O) groups excluding carboxylic acids is 1. The van der Waals surface area contributed by atoms with E-state index < -0.39 is 5.60 Å². The smallest absolute Gasteiger partial charge is 0.254 e. The summed E-state index contributed by atoms with van der Waals surface area (Å²) in [6.45, 7) is 3.34. The van der Waals surface area contributed by atoms with E-state index in [0.29, 0.717) is 25.9 Å². The van der Waals surface area contributed by atoms with Crippen LogP contribution in [0.1, 0.15) is 28.8 Å². The van der Waals surface area contributed by atoms with E-state index in [4.69, 9.17) is 5.73 Å². The summed E-state index contributed by atoms with van der Waals surface area (Å²) >= 11 is 0. The Labute approximate surface area is 107 Å². The van der Waals surface area contributed by atoms with Crippen molar-refractivity contribution in [1.29, 1.82) is 0 Å². The molecule has 18 heavy (non-hydrogen) atoms. The molecule has 1 heterocycles. The SMILES string of the molecule is Cc1ccccc1C(=O)N1CCC(O)(CN)CC1. The van der Waals surface area contributed by atoms with Gasteiger partial charge in [0.2, 0.25) is 0 Å². The van der Waals surface area contributed by atoms with E-state index in [2.05, 4.69) is 0 Å². The standard InChI is InChI=1S/C14H20N2O2/c1-11-4-2-3-5-12(11)13(17)16-8-6-14(18,10-15)7-9-16/h2-5,18H,6-10,15H2,1H3. The highest BCUT2D eigenvalue weighted by molar-refractivity contribution is 5.95. The van der Waals surface area contributed by atoms with Crippen LogP contribution in [0, 0.1) is 6.92 Å². The van der Waals surface area contributed by atoms with Crippen LogP contribution in [0.5, 0.6) is 0 Å². The van der Waals surface area contributed by atoms with Crippen molar-refractivity contribution in [2.45, 2.75) is 25.4 Å². The molecule has 1 fully saturated rings. The maximum Gasteiger partial charge on any atom is 0.254 e. The number of aliphatic hydroxyl groups is 1. The van der Waals surface area contributed by atoms with E-state index >= 15 is 0 Å². The van der Waals surface area contributed by atoms with Crippen LogP contribution >= 0.6 is 0 Å². The zero-order chi connectivity index (χ0) is 13.2. The Balaban J connectivity index is 2.07. The number of rotatable bonds is 2. The van der Waals surface area contributed by atoms with E-state index in [1.165, 1.54) is 0 Å². The van der Waals surface area contributed by atoms with Crippen LogP contribution in [0.15, 0.2) is 24.3 Å². The van der Waals surface area contributed by atoms with Gasteiger partial charge in [0.25, 0.3) is 5.91 Å². The molecule has 0 aliphatic carbocycles. The Morgan fingerprint density at radius 1 is 1.39 bits per heavy atom. The van der Waals surface area contributed by atoms with Gasteiger partial charge in [-0.05, 0) is 31.4 Å². The molecule has 1 aliphatic heterocycles. The lowest BCUT2D eigenvalue weighted by Crippen LogP contribution is -2.50. The van der Waals surface area contributed by atoms with Crippen molar-refractivity contribution < 1.29 is 9.90 Å². The number of likely N-dealkylation sites (tertiary alicyclic amines) is 1. The van der Waals surface area contributed by atoms with Gasteiger partial charge in [-0.15, -0.1) is 0 Å². The van der Waals surface area contributed by atoms with Gasteiger partial charge in [-0.25, -0.2) is 0 Å². The predicted octanol–water partition coefficient (Wildman–Crippen LogP) is 0.921. The number of aryl methyl sites for hydroxylation is 1. The molecule has 98 valence electrons. The Kier molecular flexibility index (Phi) is 3.68. The van der Waals surface area contributed by atoms with Gasteiger partial charge in [0.15, 0.2) is 0 Å². The summed E-state index contributed by atoms with van der Waals surface area (Å²) in [4.78, 5) is 14.1. The molecule has 3 N–H and O–H groups in total. The Morgan fingerprint density at radius 3 is 2.56 bits per heavy atom. The van der Waals surface area contributed by atoms with Gasteiger partial charge < -0.3 is 15.7 Å². The summed E-state index contributed by atoms with van der Waals surface area (Å²) < 4.78 is 0. The van der Waals surface area contributed by atoms with Crippen LogP contribution in [-0.2, 0) is 0 Å². The molecular formula is C14H20N2O2. The quantitative estimate of drug-likeness (QED) is 0.818. The molecule has 1 saturated heterocycles. The highest BCUT2D eigenvalue weighted by Crippen LogP contribution is 2.22. The molecule has 0 bridgehead atoms. The molecule has 0 unspecified atom stereocenters. The highest BCUT2D eigenvalue weighted by atomic mass is 16.3. The number of piperidine rings is 1. The third kappa shape index (κ3) is 2.54. The maximum absolute atomic E-state index is 12.3. The number of benzene rings is 1. The summed E-state index contributed by atoms with van der Waals surface area (Å²) in [6, 6.07) is 7.59. The number of nitrogens with zero attached hydrogens (tertiary/aromatic N) is 1.